The number of carbonyl (C=O) groups is 1. The van der Waals surface area contributed by atoms with Crippen LogP contribution in [0.3, 0.4) is 0 Å². The van der Waals surface area contributed by atoms with Gasteiger partial charge in [-0.05, 0) is 49.8 Å². The predicted octanol–water partition coefficient (Wildman–Crippen LogP) is 3.48. The number of rotatable bonds is 4. The lowest BCUT2D eigenvalue weighted by Crippen LogP contribution is -2.41. The lowest BCUT2D eigenvalue weighted by Gasteiger charge is -2.30. The molecular formula is C26H26N4O3. The van der Waals surface area contributed by atoms with E-state index in [4.69, 9.17) is 14.5 Å². The average Bonchev–Trinajstić information content (AvgIpc) is 3.43. The third-order valence-electron chi connectivity index (χ3n) is 6.50. The molecule has 2 aromatic carbocycles. The number of carbonyl (C=O) groups excluding carboxylic acids is 1. The van der Waals surface area contributed by atoms with Crippen LogP contribution in [0.2, 0.25) is 0 Å². The van der Waals surface area contributed by atoms with Gasteiger partial charge in [0.05, 0.1) is 30.0 Å². The number of aromatic amines is 1. The van der Waals surface area contributed by atoms with Gasteiger partial charge in [0.1, 0.15) is 0 Å². The Morgan fingerprint density at radius 2 is 2.00 bits per heavy atom. The number of nitrogens with zero attached hydrogens (tertiary/aromatic N) is 3. The van der Waals surface area contributed by atoms with Crippen molar-refractivity contribution >= 4 is 27.7 Å². The molecule has 33 heavy (non-hydrogen) atoms. The van der Waals surface area contributed by atoms with Gasteiger partial charge in [0, 0.05) is 29.3 Å². The van der Waals surface area contributed by atoms with Crippen LogP contribution in [0.15, 0.2) is 42.5 Å². The minimum absolute atomic E-state index is 0.142. The molecule has 0 bridgehead atoms. The Hall–Kier alpha value is -3.58. The number of nitrogens with one attached hydrogen (secondary N) is 1. The van der Waals surface area contributed by atoms with Gasteiger partial charge >= 0.3 is 0 Å². The van der Waals surface area contributed by atoms with Crippen molar-refractivity contribution in [3.8, 4) is 11.5 Å². The number of fused-ring (bicyclic) bond motifs is 6. The van der Waals surface area contributed by atoms with E-state index in [1.54, 1.807) is 0 Å². The first-order valence-electron chi connectivity index (χ1n) is 11.3. The predicted molar refractivity (Wildman–Crippen MR) is 127 cm³/mol. The molecule has 0 unspecified atom stereocenters. The van der Waals surface area contributed by atoms with Crippen LogP contribution in [0.25, 0.3) is 21.8 Å². The number of H-pyrrole nitrogens is 1. The summed E-state index contributed by atoms with van der Waals surface area (Å²) in [7, 11) is 3.85. The van der Waals surface area contributed by atoms with Crippen LogP contribution in [0.1, 0.15) is 22.5 Å². The zero-order valence-electron chi connectivity index (χ0n) is 18.9. The maximum Gasteiger partial charge on any atom is 0.237 e. The number of para-hydroxylation sites is 1. The van der Waals surface area contributed by atoms with Gasteiger partial charge in [-0.2, -0.15) is 0 Å². The number of hydrogen-bond acceptors (Lipinski definition) is 5. The molecule has 2 aliphatic rings. The van der Waals surface area contributed by atoms with Crippen molar-refractivity contribution in [3.63, 3.8) is 0 Å². The van der Waals surface area contributed by atoms with Crippen molar-refractivity contribution in [2.75, 3.05) is 34.0 Å². The second-order valence-corrected chi connectivity index (χ2v) is 9.07. The molecular weight excluding hydrogens is 416 g/mol. The quantitative estimate of drug-likeness (QED) is 0.524. The molecule has 0 spiro atoms. The Balaban J connectivity index is 1.46. The monoisotopic (exact) mass is 442 g/mol. The molecule has 0 fully saturated rings. The van der Waals surface area contributed by atoms with E-state index in [1.165, 1.54) is 16.3 Å². The number of hydrogen-bond donors (Lipinski definition) is 1. The summed E-state index contributed by atoms with van der Waals surface area (Å²) in [6, 6.07) is 14.5. The van der Waals surface area contributed by atoms with Crippen LogP contribution in [0, 0.1) is 0 Å². The zero-order chi connectivity index (χ0) is 22.5. The fourth-order valence-electron chi connectivity index (χ4n) is 4.96. The highest BCUT2D eigenvalue weighted by Crippen LogP contribution is 2.37. The van der Waals surface area contributed by atoms with Crippen LogP contribution in [-0.4, -0.2) is 59.7 Å². The summed E-state index contributed by atoms with van der Waals surface area (Å²) in [5.74, 6) is 1.70. The Kier molecular flexibility index (Phi) is 4.73. The van der Waals surface area contributed by atoms with Gasteiger partial charge in [-0.1, -0.05) is 24.3 Å². The molecule has 7 nitrogen and oxygen atoms in total. The molecule has 168 valence electrons. The van der Waals surface area contributed by atoms with Crippen molar-refractivity contribution in [1.82, 2.24) is 19.8 Å². The van der Waals surface area contributed by atoms with E-state index in [2.05, 4.69) is 35.3 Å². The number of likely N-dealkylation sites (N-methyl/N-ethyl adjacent to an activating group) is 1. The topological polar surface area (TPSA) is 70.7 Å². The van der Waals surface area contributed by atoms with Gasteiger partial charge in [-0.15, -0.1) is 0 Å². The zero-order valence-corrected chi connectivity index (χ0v) is 18.9. The van der Waals surface area contributed by atoms with Crippen LogP contribution < -0.4 is 9.47 Å². The first-order valence-corrected chi connectivity index (χ1v) is 11.3. The molecule has 4 aromatic rings. The van der Waals surface area contributed by atoms with Crippen LogP contribution in [-0.2, 0) is 24.2 Å². The van der Waals surface area contributed by atoms with Gasteiger partial charge in [-0.25, -0.2) is 0 Å². The van der Waals surface area contributed by atoms with Gasteiger partial charge in [0.25, 0.3) is 0 Å². The molecule has 6 rings (SSSR count). The summed E-state index contributed by atoms with van der Waals surface area (Å²) in [6.45, 7) is 1.94. The summed E-state index contributed by atoms with van der Waals surface area (Å²) in [5.41, 5.74) is 6.55. The van der Waals surface area contributed by atoms with E-state index in [0.29, 0.717) is 19.5 Å². The number of amides is 1. The second kappa shape index (κ2) is 7.78. The standard InChI is InChI=1S/C26H26N4O3/c1-29(2)14-24(31)30-10-9-18-21(13-30)27-20(11-16-7-8-22-23(12-16)33-15-32-22)26-25(18)17-5-3-4-6-19(17)28-26/h3-8,12,28H,9-11,13-15H2,1-2H3. The van der Waals surface area contributed by atoms with Gasteiger partial charge in [0.2, 0.25) is 12.7 Å². The van der Waals surface area contributed by atoms with Gasteiger partial charge in [-0.3, -0.25) is 9.78 Å². The largest absolute Gasteiger partial charge is 0.454 e. The van der Waals surface area contributed by atoms with Crippen molar-refractivity contribution in [1.29, 1.82) is 0 Å². The number of benzene rings is 2. The fraction of sp³-hybridized carbons (Fsp3) is 0.308. The lowest BCUT2D eigenvalue weighted by atomic mass is 9.96. The van der Waals surface area contributed by atoms with Gasteiger partial charge < -0.3 is 24.3 Å². The highest BCUT2D eigenvalue weighted by molar-refractivity contribution is 6.10. The van der Waals surface area contributed by atoms with Crippen molar-refractivity contribution < 1.29 is 14.3 Å². The second-order valence-electron chi connectivity index (χ2n) is 9.07. The lowest BCUT2D eigenvalue weighted by molar-refractivity contribution is -0.132. The molecule has 0 saturated carbocycles. The molecule has 2 aliphatic heterocycles. The summed E-state index contributed by atoms with van der Waals surface area (Å²) < 4.78 is 11.0. The highest BCUT2D eigenvalue weighted by atomic mass is 16.7. The average molecular weight is 443 g/mol. The van der Waals surface area contributed by atoms with E-state index < -0.39 is 0 Å². The van der Waals surface area contributed by atoms with Crippen molar-refractivity contribution in [2.45, 2.75) is 19.4 Å². The summed E-state index contributed by atoms with van der Waals surface area (Å²) >= 11 is 0. The molecule has 0 atom stereocenters. The maximum absolute atomic E-state index is 12.8. The van der Waals surface area contributed by atoms with Crippen molar-refractivity contribution in [2.24, 2.45) is 0 Å². The molecule has 0 saturated heterocycles. The SMILES string of the molecule is CN(C)CC(=O)N1CCc2c(nc(Cc3ccc4c(c3)OCO4)c3[nH]c4ccccc4c23)C1. The van der Waals surface area contributed by atoms with Crippen LogP contribution >= 0.6 is 0 Å². The van der Waals surface area contributed by atoms with E-state index in [9.17, 15) is 4.79 Å². The smallest absolute Gasteiger partial charge is 0.237 e. The minimum atomic E-state index is 0.142. The summed E-state index contributed by atoms with van der Waals surface area (Å²) in [5, 5.41) is 2.46. The molecule has 0 radical (unpaired) electrons. The molecule has 4 heterocycles. The van der Waals surface area contributed by atoms with Crippen LogP contribution in [0.4, 0.5) is 0 Å². The maximum atomic E-state index is 12.8. The Morgan fingerprint density at radius 3 is 2.88 bits per heavy atom. The molecule has 0 aliphatic carbocycles. The Bertz CT molecular complexity index is 1390. The first kappa shape index (κ1) is 20.1. The normalized spacial score (nSPS) is 14.9. The minimum Gasteiger partial charge on any atom is -0.454 e. The van der Waals surface area contributed by atoms with Gasteiger partial charge in [0.15, 0.2) is 11.5 Å². The van der Waals surface area contributed by atoms with Crippen LogP contribution in [0.5, 0.6) is 11.5 Å². The number of aromatic nitrogens is 2. The number of ether oxygens (including phenoxy) is 2. The summed E-state index contributed by atoms with van der Waals surface area (Å²) in [4.78, 5) is 25.4. The molecule has 1 amide bonds. The molecule has 7 heteroatoms. The summed E-state index contributed by atoms with van der Waals surface area (Å²) in [6.07, 6.45) is 1.48. The van der Waals surface area contributed by atoms with E-state index in [0.717, 1.165) is 52.4 Å². The van der Waals surface area contributed by atoms with Crippen molar-refractivity contribution in [3.05, 3.63) is 65.0 Å². The highest BCUT2D eigenvalue weighted by Gasteiger charge is 2.26. The van der Waals surface area contributed by atoms with E-state index in [-0.39, 0.29) is 12.7 Å². The Labute approximate surface area is 191 Å². The molecule has 2 aromatic heterocycles. The first-order chi connectivity index (χ1) is 16.1. The number of pyridine rings is 1. The third kappa shape index (κ3) is 3.49. The molecule has 1 N–H and O–H groups in total. The van der Waals surface area contributed by atoms with E-state index >= 15 is 0 Å². The van der Waals surface area contributed by atoms with E-state index in [1.807, 2.05) is 36.0 Å². The fourth-order valence-corrected chi connectivity index (χ4v) is 4.96. The third-order valence-corrected chi connectivity index (χ3v) is 6.50. The Morgan fingerprint density at radius 1 is 1.15 bits per heavy atom.